The number of nitrogens with zero attached hydrogens (tertiary/aromatic N) is 4. The van der Waals surface area contributed by atoms with E-state index in [1.807, 2.05) is 31.5 Å². The van der Waals surface area contributed by atoms with Crippen LogP contribution in [0.1, 0.15) is 84.3 Å². The zero-order chi connectivity index (χ0) is 31.8. The van der Waals surface area contributed by atoms with Gasteiger partial charge in [0.05, 0.1) is 39.5 Å². The van der Waals surface area contributed by atoms with Crippen molar-refractivity contribution < 1.29 is 13.9 Å². The molecule has 2 aliphatic rings. The molecule has 9 nitrogen and oxygen atoms in total. The number of thiophene rings is 1. The lowest BCUT2D eigenvalue weighted by Gasteiger charge is -2.23. The van der Waals surface area contributed by atoms with Crippen molar-refractivity contribution in [1.82, 2.24) is 19.9 Å². The number of oxazole rings is 1. The number of fused-ring (bicyclic) bond motifs is 2. The first kappa shape index (κ1) is 30.5. The molecule has 238 valence electrons. The molecule has 3 N–H and O–H groups in total. The summed E-state index contributed by atoms with van der Waals surface area (Å²) in [7, 11) is 0. The Kier molecular flexibility index (Phi) is 8.57. The van der Waals surface area contributed by atoms with Gasteiger partial charge in [-0.2, -0.15) is 0 Å². The zero-order valence-electron chi connectivity index (χ0n) is 26.6. The molecule has 6 heterocycles. The number of rotatable bonds is 10. The molecule has 1 aliphatic carbocycles. The van der Waals surface area contributed by atoms with Crippen LogP contribution in [0, 0.1) is 18.8 Å². The van der Waals surface area contributed by atoms with E-state index in [4.69, 9.17) is 24.9 Å². The van der Waals surface area contributed by atoms with E-state index in [0.29, 0.717) is 29.6 Å². The normalized spacial score (nSPS) is 16.7. The summed E-state index contributed by atoms with van der Waals surface area (Å²) in [6, 6.07) is 8.43. The average Bonchev–Trinajstić information content (AvgIpc) is 3.78. The van der Waals surface area contributed by atoms with Crippen molar-refractivity contribution in [2.24, 2.45) is 17.6 Å². The third-order valence-electron chi connectivity index (χ3n) is 9.12. The summed E-state index contributed by atoms with van der Waals surface area (Å²) in [6.45, 7) is 7.75. The molecule has 0 radical (unpaired) electrons. The highest BCUT2D eigenvalue weighted by molar-refractivity contribution is 7.23. The van der Waals surface area contributed by atoms with Crippen molar-refractivity contribution in [2.45, 2.75) is 71.8 Å². The van der Waals surface area contributed by atoms with Gasteiger partial charge in [-0.05, 0) is 92.9 Å². The van der Waals surface area contributed by atoms with Gasteiger partial charge in [-0.3, -0.25) is 14.8 Å². The van der Waals surface area contributed by atoms with Crippen LogP contribution in [0.3, 0.4) is 0 Å². The molecule has 0 spiro atoms. The lowest BCUT2D eigenvalue weighted by atomic mass is 9.89. The van der Waals surface area contributed by atoms with Crippen molar-refractivity contribution in [1.29, 1.82) is 0 Å². The van der Waals surface area contributed by atoms with Crippen LogP contribution < -0.4 is 11.1 Å². The fourth-order valence-electron chi connectivity index (χ4n) is 6.91. The van der Waals surface area contributed by atoms with Gasteiger partial charge in [0.15, 0.2) is 0 Å². The van der Waals surface area contributed by atoms with Gasteiger partial charge < -0.3 is 20.2 Å². The number of hydrogen-bond donors (Lipinski definition) is 2. The van der Waals surface area contributed by atoms with E-state index >= 15 is 0 Å². The number of pyridine rings is 3. The highest BCUT2D eigenvalue weighted by Gasteiger charge is 2.30. The summed E-state index contributed by atoms with van der Waals surface area (Å²) in [4.78, 5) is 33.6. The number of carbonyl (C=O) groups is 1. The van der Waals surface area contributed by atoms with Crippen LogP contribution >= 0.6 is 11.3 Å². The number of aromatic nitrogens is 4. The summed E-state index contributed by atoms with van der Waals surface area (Å²) < 4.78 is 12.8. The molecule has 5 aromatic heterocycles. The Labute approximate surface area is 273 Å². The minimum absolute atomic E-state index is 0.134. The maximum Gasteiger partial charge on any atom is 0.251 e. The molecule has 1 fully saturated rings. The zero-order valence-corrected chi connectivity index (χ0v) is 27.5. The minimum atomic E-state index is -0.498. The number of nitrogens with two attached hydrogens (primary N) is 1. The number of primary amides is 1. The minimum Gasteiger partial charge on any atom is -0.441 e. The average molecular weight is 637 g/mol. The van der Waals surface area contributed by atoms with Gasteiger partial charge in [0.25, 0.3) is 5.91 Å². The van der Waals surface area contributed by atoms with Gasteiger partial charge in [-0.15, -0.1) is 11.3 Å². The molecule has 1 amide bonds. The second-order valence-corrected chi connectivity index (χ2v) is 14.0. The molecule has 46 heavy (non-hydrogen) atoms. The van der Waals surface area contributed by atoms with Crippen LogP contribution in [-0.2, 0) is 24.0 Å². The molecule has 7 rings (SSSR count). The largest absolute Gasteiger partial charge is 0.441 e. The number of nitrogens with one attached hydrogen (secondary N) is 1. The number of hydrogen-bond acceptors (Lipinski definition) is 9. The van der Waals surface area contributed by atoms with Gasteiger partial charge in [-0.25, -0.2) is 9.97 Å². The van der Waals surface area contributed by atoms with Gasteiger partial charge >= 0.3 is 0 Å². The van der Waals surface area contributed by atoms with Crippen molar-refractivity contribution in [2.75, 3.05) is 18.5 Å². The molecular formula is C36H40N6O3S. The maximum atomic E-state index is 13.4. The van der Waals surface area contributed by atoms with Crippen molar-refractivity contribution in [3.63, 3.8) is 0 Å². The molecule has 10 heteroatoms. The Hall–Kier alpha value is -4.15. The van der Waals surface area contributed by atoms with Crippen LogP contribution in [-0.4, -0.2) is 39.1 Å². The van der Waals surface area contributed by atoms with E-state index in [0.717, 1.165) is 101 Å². The van der Waals surface area contributed by atoms with Crippen LogP contribution in [0.25, 0.3) is 32.0 Å². The SMILES string of the molecule is Cc1cnc(-c2c(CCC3CCOCC3)nc(CC(C)C)c(C(N)=O)c2-c2cc3ccnc(NC4CCc5ncccc54)c3s2)o1. The third kappa shape index (κ3) is 6.03. The van der Waals surface area contributed by atoms with E-state index in [2.05, 4.69) is 41.3 Å². The number of anilines is 1. The van der Waals surface area contributed by atoms with Crippen molar-refractivity contribution in [3.8, 4) is 21.9 Å². The first-order valence-corrected chi connectivity index (χ1v) is 17.1. The second kappa shape index (κ2) is 12.9. The summed E-state index contributed by atoms with van der Waals surface area (Å²) in [5.74, 6) is 2.32. The summed E-state index contributed by atoms with van der Waals surface area (Å²) in [5, 5.41) is 4.75. The predicted molar refractivity (Wildman–Crippen MR) is 181 cm³/mol. The second-order valence-electron chi connectivity index (χ2n) is 12.9. The first-order valence-electron chi connectivity index (χ1n) is 16.3. The first-order chi connectivity index (χ1) is 22.4. The predicted octanol–water partition coefficient (Wildman–Crippen LogP) is 7.47. The molecule has 1 unspecified atom stereocenters. The van der Waals surface area contributed by atoms with E-state index < -0.39 is 5.91 Å². The number of carbonyl (C=O) groups excluding carboxylic acids is 1. The van der Waals surface area contributed by atoms with Crippen LogP contribution in [0.15, 0.2) is 47.3 Å². The van der Waals surface area contributed by atoms with Gasteiger partial charge in [0.2, 0.25) is 5.89 Å². The Balaban J connectivity index is 1.39. The molecule has 0 bridgehead atoms. The quantitative estimate of drug-likeness (QED) is 0.162. The Bertz CT molecular complexity index is 1890. The van der Waals surface area contributed by atoms with Gasteiger partial charge in [0, 0.05) is 41.7 Å². The van der Waals surface area contributed by atoms with Crippen molar-refractivity contribution >= 4 is 33.1 Å². The Morgan fingerprint density at radius 2 is 1.93 bits per heavy atom. The standard InChI is InChI=1S/C36H40N6O3S/c1-20(2)17-28-30(34(37)43)32(31(36-40-19-21(3)45-36)27(41-28)7-6-22-11-15-44-16-12-22)29-18-23-10-14-39-35(33(23)46-29)42-26-9-8-25-24(26)5-4-13-38-25/h4-5,10,13-14,18-20,22,26H,6-9,11-12,15-17H2,1-3H3,(H2,37,43)(H,39,42). The smallest absolute Gasteiger partial charge is 0.251 e. The fraction of sp³-hybridized carbons (Fsp3) is 0.417. The van der Waals surface area contributed by atoms with Crippen LogP contribution in [0.5, 0.6) is 0 Å². The van der Waals surface area contributed by atoms with Crippen molar-refractivity contribution in [3.05, 3.63) is 76.8 Å². The van der Waals surface area contributed by atoms with Gasteiger partial charge in [0.1, 0.15) is 11.6 Å². The summed E-state index contributed by atoms with van der Waals surface area (Å²) >= 11 is 1.61. The van der Waals surface area contributed by atoms with E-state index in [1.165, 1.54) is 5.56 Å². The molecule has 1 saturated heterocycles. The Morgan fingerprint density at radius 3 is 2.70 bits per heavy atom. The maximum absolute atomic E-state index is 13.4. The summed E-state index contributed by atoms with van der Waals surface area (Å²) in [6.07, 6.45) is 11.7. The number of ether oxygens (including phenoxy) is 1. The van der Waals surface area contributed by atoms with Gasteiger partial charge in [-0.1, -0.05) is 19.9 Å². The third-order valence-corrected chi connectivity index (χ3v) is 10.3. The lowest BCUT2D eigenvalue weighted by Crippen LogP contribution is -2.20. The highest BCUT2D eigenvalue weighted by atomic mass is 32.1. The monoisotopic (exact) mass is 636 g/mol. The summed E-state index contributed by atoms with van der Waals surface area (Å²) in [5.41, 5.74) is 12.2. The van der Waals surface area contributed by atoms with E-state index in [-0.39, 0.29) is 12.0 Å². The lowest BCUT2D eigenvalue weighted by molar-refractivity contribution is 0.0639. The molecule has 0 aromatic carbocycles. The molecule has 1 atom stereocenters. The van der Waals surface area contributed by atoms with E-state index in [1.54, 1.807) is 17.5 Å². The molecular weight excluding hydrogens is 597 g/mol. The fourth-order valence-corrected chi connectivity index (χ4v) is 8.08. The van der Waals surface area contributed by atoms with E-state index in [9.17, 15) is 4.79 Å². The molecule has 0 saturated carbocycles. The topological polar surface area (TPSA) is 129 Å². The molecule has 1 aliphatic heterocycles. The molecule has 5 aromatic rings. The number of aryl methyl sites for hydroxylation is 3. The highest BCUT2D eigenvalue weighted by Crippen LogP contribution is 2.46. The Morgan fingerprint density at radius 1 is 1.09 bits per heavy atom. The van der Waals surface area contributed by atoms with Crippen LogP contribution in [0.4, 0.5) is 5.82 Å². The van der Waals surface area contributed by atoms with Crippen LogP contribution in [0.2, 0.25) is 0 Å². The number of amides is 1.